The van der Waals surface area contributed by atoms with Crippen LogP contribution in [-0.4, -0.2) is 19.2 Å². The number of alkyl halides is 3. The van der Waals surface area contributed by atoms with Crippen molar-refractivity contribution in [1.29, 1.82) is 0 Å². The number of pyridine rings is 1. The Labute approximate surface area is 171 Å². The zero-order chi connectivity index (χ0) is 21.9. The molecule has 4 rings (SSSR count). The van der Waals surface area contributed by atoms with Crippen LogP contribution in [0.3, 0.4) is 0 Å². The summed E-state index contributed by atoms with van der Waals surface area (Å²) in [4.78, 5) is 11.0. The summed E-state index contributed by atoms with van der Waals surface area (Å²) >= 11 is 0. The summed E-state index contributed by atoms with van der Waals surface area (Å²) in [7, 11) is 4.21. The molecule has 0 saturated carbocycles. The predicted octanol–water partition coefficient (Wildman–Crippen LogP) is 3.47. The van der Waals surface area contributed by atoms with Gasteiger partial charge in [0.1, 0.15) is 13.0 Å². The van der Waals surface area contributed by atoms with Gasteiger partial charge in [0.05, 0.1) is 5.39 Å². The number of carbonyl (C=O) groups is 1. The van der Waals surface area contributed by atoms with Crippen molar-refractivity contribution in [2.24, 2.45) is 7.05 Å². The molecule has 0 N–H and O–H groups in total. The van der Waals surface area contributed by atoms with Gasteiger partial charge >= 0.3 is 6.18 Å². The van der Waals surface area contributed by atoms with Gasteiger partial charge in [-0.2, -0.15) is 13.2 Å². The van der Waals surface area contributed by atoms with E-state index in [-0.39, 0.29) is 0 Å². The lowest BCUT2D eigenvalue weighted by molar-refractivity contribution is -0.644. The van der Waals surface area contributed by atoms with Crippen LogP contribution in [0.2, 0.25) is 0 Å². The molecule has 4 nitrogen and oxygen atoms in total. The molecule has 0 saturated heterocycles. The highest BCUT2D eigenvalue weighted by molar-refractivity contribution is 5.88. The summed E-state index contributed by atoms with van der Waals surface area (Å²) in [6, 6.07) is 19.2. The lowest BCUT2D eigenvalue weighted by Crippen LogP contribution is -2.37. The third kappa shape index (κ3) is 4.51. The largest absolute Gasteiger partial charge is 0.542 e. The van der Waals surface area contributed by atoms with Gasteiger partial charge in [0.2, 0.25) is 5.52 Å². The van der Waals surface area contributed by atoms with E-state index in [0.717, 1.165) is 0 Å². The van der Waals surface area contributed by atoms with Crippen molar-refractivity contribution in [2.45, 2.75) is 6.18 Å². The van der Waals surface area contributed by atoms with E-state index in [2.05, 4.69) is 103 Å². The first-order chi connectivity index (χ1) is 14.2. The maximum atomic E-state index is 10.5. The topological polar surface area (TPSA) is 47.2 Å². The van der Waals surface area contributed by atoms with Gasteiger partial charge in [0.15, 0.2) is 6.20 Å². The maximum Gasteiger partial charge on any atom is 0.430 e. The first kappa shape index (κ1) is 21.1. The highest BCUT2D eigenvalue weighted by atomic mass is 19.4. The van der Waals surface area contributed by atoms with E-state index in [1.54, 1.807) is 0 Å². The molecule has 2 aromatic carbocycles. The fraction of sp³-hybridized carbons (Fsp3) is 0.130. The number of carbonyl (C=O) groups excluding carboxylic acids is 1. The third-order valence-electron chi connectivity index (χ3n) is 4.73. The summed E-state index contributed by atoms with van der Waals surface area (Å²) in [5.41, 5.74) is 6.18. The Balaban J connectivity index is 0.000000318. The number of carboxylic acids is 1. The fourth-order valence-corrected chi connectivity index (χ4v) is 3.18. The molecule has 0 fully saturated rings. The minimum atomic E-state index is -5.19. The number of carboxylic acid groups (broad SMARTS) is 1. The van der Waals surface area contributed by atoms with E-state index in [1.807, 2.05) is 0 Å². The van der Waals surface area contributed by atoms with Gasteiger partial charge in [0, 0.05) is 30.6 Å². The van der Waals surface area contributed by atoms with Crippen LogP contribution in [0.5, 0.6) is 0 Å². The Morgan fingerprint density at radius 1 is 1.03 bits per heavy atom. The van der Waals surface area contributed by atoms with Crippen LogP contribution >= 0.6 is 0 Å². The number of hydrogen-bond donors (Lipinski definition) is 0. The van der Waals surface area contributed by atoms with Crippen molar-refractivity contribution in [2.75, 3.05) is 11.9 Å². The molecule has 30 heavy (non-hydrogen) atoms. The molecule has 1 aromatic heterocycles. The van der Waals surface area contributed by atoms with Crippen molar-refractivity contribution >= 4 is 34.7 Å². The average molecular weight is 412 g/mol. The van der Waals surface area contributed by atoms with E-state index in [0.29, 0.717) is 0 Å². The molecule has 0 amide bonds. The van der Waals surface area contributed by atoms with Gasteiger partial charge in [-0.3, -0.25) is 0 Å². The van der Waals surface area contributed by atoms with Gasteiger partial charge in [-0.1, -0.05) is 36.4 Å². The minimum Gasteiger partial charge on any atom is -0.542 e. The standard InChI is InChI=1S/C21H19N2.C2HF3O2/c1-22-14-13-17(19-8-4-6-10-21(19)22)15-18-12-11-16-7-3-5-9-20(16)23(18)2;3-2(4,5)1(6)7/h3-15H,1-2H3;(H,6,7)/q+1;/p-1. The molecule has 3 aromatic rings. The molecule has 0 bridgehead atoms. The van der Waals surface area contributed by atoms with Crippen LogP contribution < -0.4 is 14.6 Å². The molecular formula is C23H19F3N2O2. The molecule has 154 valence electrons. The molecule has 1 aliphatic rings. The summed E-state index contributed by atoms with van der Waals surface area (Å²) in [5.74, 6) is -3.01. The van der Waals surface area contributed by atoms with Gasteiger partial charge in [-0.05, 0) is 35.4 Å². The quantitative estimate of drug-likeness (QED) is 0.575. The number of hydrogen-bond acceptors (Lipinski definition) is 3. The zero-order valence-electron chi connectivity index (χ0n) is 16.4. The number of halogens is 3. The van der Waals surface area contributed by atoms with Gasteiger partial charge in [0.25, 0.3) is 0 Å². The number of fused-ring (bicyclic) bond motifs is 2. The summed E-state index contributed by atoms with van der Waals surface area (Å²) in [6.45, 7) is 0. The van der Waals surface area contributed by atoms with Crippen LogP contribution in [0.1, 0.15) is 11.1 Å². The number of rotatable bonds is 1. The first-order valence-corrected chi connectivity index (χ1v) is 9.06. The number of benzene rings is 2. The summed E-state index contributed by atoms with van der Waals surface area (Å²) in [6.07, 6.45) is 3.56. The fourth-order valence-electron chi connectivity index (χ4n) is 3.18. The number of anilines is 1. The van der Waals surface area contributed by atoms with Crippen LogP contribution in [-0.2, 0) is 11.8 Å². The van der Waals surface area contributed by atoms with Crippen molar-refractivity contribution in [1.82, 2.24) is 0 Å². The van der Waals surface area contributed by atoms with E-state index in [4.69, 9.17) is 9.90 Å². The number of allylic oxidation sites excluding steroid dienone is 1. The Kier molecular flexibility index (Phi) is 5.91. The third-order valence-corrected chi connectivity index (χ3v) is 4.73. The Bertz CT molecular complexity index is 1150. The van der Waals surface area contributed by atoms with Crippen LogP contribution in [0.15, 0.2) is 72.6 Å². The van der Waals surface area contributed by atoms with Gasteiger partial charge < -0.3 is 14.8 Å². The molecule has 1 aliphatic heterocycles. The lowest BCUT2D eigenvalue weighted by Gasteiger charge is -2.26. The van der Waals surface area contributed by atoms with Crippen LogP contribution in [0.25, 0.3) is 23.1 Å². The maximum absolute atomic E-state index is 10.5. The molecule has 0 spiro atoms. The normalized spacial score (nSPS) is 14.3. The number of nitrogens with zero attached hydrogens (tertiary/aromatic N) is 2. The first-order valence-electron chi connectivity index (χ1n) is 9.06. The van der Waals surface area contributed by atoms with Crippen molar-refractivity contribution in [3.8, 4) is 0 Å². The van der Waals surface area contributed by atoms with Gasteiger partial charge in [-0.15, -0.1) is 0 Å². The van der Waals surface area contributed by atoms with Crippen molar-refractivity contribution in [3.05, 3.63) is 83.7 Å². The Morgan fingerprint density at radius 2 is 1.67 bits per heavy atom. The molecule has 0 aliphatic carbocycles. The smallest absolute Gasteiger partial charge is 0.430 e. The van der Waals surface area contributed by atoms with E-state index in [9.17, 15) is 13.2 Å². The highest BCUT2D eigenvalue weighted by Crippen LogP contribution is 2.30. The molecule has 0 unspecified atom stereocenters. The monoisotopic (exact) mass is 412 g/mol. The van der Waals surface area contributed by atoms with E-state index in [1.165, 1.54) is 33.4 Å². The number of para-hydroxylation sites is 2. The summed E-state index contributed by atoms with van der Waals surface area (Å²) < 4.78 is 33.7. The Hall–Kier alpha value is -3.61. The second-order valence-electron chi connectivity index (χ2n) is 6.70. The van der Waals surface area contributed by atoms with E-state index >= 15 is 0 Å². The van der Waals surface area contributed by atoms with Crippen molar-refractivity contribution < 1.29 is 27.6 Å². The highest BCUT2D eigenvalue weighted by Gasteiger charge is 2.28. The average Bonchev–Trinajstić information content (AvgIpc) is 2.72. The second kappa shape index (κ2) is 8.41. The molecule has 7 heteroatoms. The molecule has 2 heterocycles. The zero-order valence-corrected chi connectivity index (χ0v) is 16.4. The minimum absolute atomic E-state index is 1.20. The number of aromatic nitrogens is 1. The van der Waals surface area contributed by atoms with Crippen molar-refractivity contribution in [3.63, 3.8) is 0 Å². The summed E-state index contributed by atoms with van der Waals surface area (Å²) in [5, 5.41) is 10.1. The Morgan fingerprint density at radius 3 is 2.37 bits per heavy atom. The number of aliphatic carboxylic acids is 1. The predicted molar refractivity (Wildman–Crippen MR) is 108 cm³/mol. The van der Waals surface area contributed by atoms with E-state index < -0.39 is 12.1 Å². The molecule has 0 atom stereocenters. The number of likely N-dealkylation sites (N-methyl/N-ethyl adjacent to an activating group) is 1. The SMILES string of the molecule is CN1/C(=C\c2cc[n+](C)c3ccccc23)C=Cc2ccccc21.O=C([O-])C(F)(F)F. The van der Waals surface area contributed by atoms with Crippen LogP contribution in [0, 0.1) is 0 Å². The molecular weight excluding hydrogens is 393 g/mol. The number of aryl methyl sites for hydroxylation is 1. The molecule has 0 radical (unpaired) electrons. The second-order valence-corrected chi connectivity index (χ2v) is 6.70. The van der Waals surface area contributed by atoms with Gasteiger partial charge in [-0.25, -0.2) is 4.57 Å². The lowest BCUT2D eigenvalue weighted by atomic mass is 10.0. The van der Waals surface area contributed by atoms with Crippen LogP contribution in [0.4, 0.5) is 18.9 Å².